The van der Waals surface area contributed by atoms with Gasteiger partial charge < -0.3 is 0 Å². The van der Waals surface area contributed by atoms with Crippen LogP contribution in [0.2, 0.25) is 0 Å². The van der Waals surface area contributed by atoms with Gasteiger partial charge in [0.2, 0.25) is 0 Å². The second kappa shape index (κ2) is 4.18. The number of rotatable bonds is 2. The quantitative estimate of drug-likeness (QED) is 0.518. The third-order valence-corrected chi connectivity index (χ3v) is 2.19. The zero-order chi connectivity index (χ0) is 10.7. The van der Waals surface area contributed by atoms with Crippen molar-refractivity contribution < 1.29 is 4.79 Å². The Kier molecular flexibility index (Phi) is 3.18. The summed E-state index contributed by atoms with van der Waals surface area (Å²) in [5.74, 6) is 0.109. The molecule has 0 aliphatic rings. The maximum atomic E-state index is 11.2. The van der Waals surface area contributed by atoms with E-state index in [2.05, 4.69) is 4.99 Å². The highest BCUT2D eigenvalue weighted by Gasteiger charge is 2.06. The van der Waals surface area contributed by atoms with Gasteiger partial charge in [0.05, 0.1) is 5.69 Å². The van der Waals surface area contributed by atoms with Gasteiger partial charge in [0, 0.05) is 11.8 Å². The Morgan fingerprint density at radius 2 is 1.93 bits per heavy atom. The number of Topliss-reactive ketones (excluding diaryl/α,β-unsaturated/α-hetero) is 1. The fourth-order valence-electron chi connectivity index (χ4n) is 1.46. The molecule has 1 aromatic rings. The van der Waals surface area contributed by atoms with Crippen LogP contribution in [-0.4, -0.2) is 12.0 Å². The molecule has 0 heterocycles. The zero-order valence-corrected chi connectivity index (χ0v) is 9.09. The molecule has 0 unspecified atom stereocenters. The number of ketones is 1. The molecule has 1 aromatic carbocycles. The first-order chi connectivity index (χ1) is 6.56. The lowest BCUT2D eigenvalue weighted by Crippen LogP contribution is -1.96. The average Bonchev–Trinajstić information content (AvgIpc) is 2.10. The molecule has 0 aliphatic carbocycles. The third-order valence-electron chi connectivity index (χ3n) is 2.19. The molecule has 0 N–H and O–H groups in total. The Balaban J connectivity index is 3.30. The number of carbonyl (C=O) groups excluding carboxylic acids is 1. The highest BCUT2D eigenvalue weighted by Crippen LogP contribution is 2.23. The van der Waals surface area contributed by atoms with Crippen LogP contribution in [0.25, 0.3) is 0 Å². The van der Waals surface area contributed by atoms with Gasteiger partial charge in [-0.25, -0.2) is 0 Å². The van der Waals surface area contributed by atoms with Crippen molar-refractivity contribution in [1.29, 1.82) is 0 Å². The normalized spacial score (nSPS) is 10.9. The first-order valence-electron chi connectivity index (χ1n) is 4.67. The Morgan fingerprint density at radius 3 is 2.43 bits per heavy atom. The van der Waals surface area contributed by atoms with Crippen LogP contribution in [0.5, 0.6) is 0 Å². The molecular formula is C12H15NO. The Hall–Kier alpha value is -1.44. The summed E-state index contributed by atoms with van der Waals surface area (Å²) >= 11 is 0. The topological polar surface area (TPSA) is 29.4 Å². The van der Waals surface area contributed by atoms with Crippen molar-refractivity contribution in [3.8, 4) is 0 Å². The van der Waals surface area contributed by atoms with Crippen LogP contribution < -0.4 is 0 Å². The van der Waals surface area contributed by atoms with Gasteiger partial charge in [-0.05, 0) is 51.0 Å². The van der Waals surface area contributed by atoms with Crippen LogP contribution in [0.3, 0.4) is 0 Å². The molecular weight excluding hydrogens is 174 g/mol. The second-order valence-electron chi connectivity index (χ2n) is 3.40. The van der Waals surface area contributed by atoms with Gasteiger partial charge in [-0.15, -0.1) is 0 Å². The van der Waals surface area contributed by atoms with Crippen molar-refractivity contribution >= 4 is 17.7 Å². The van der Waals surface area contributed by atoms with Gasteiger partial charge >= 0.3 is 0 Å². The minimum atomic E-state index is 0.109. The maximum Gasteiger partial charge on any atom is 0.160 e. The molecule has 1 rings (SSSR count). The number of hydrogen-bond donors (Lipinski definition) is 0. The summed E-state index contributed by atoms with van der Waals surface area (Å²) in [4.78, 5) is 15.5. The minimum absolute atomic E-state index is 0.109. The van der Waals surface area contributed by atoms with Gasteiger partial charge in [-0.1, -0.05) is 0 Å². The van der Waals surface area contributed by atoms with E-state index in [0.29, 0.717) is 0 Å². The summed E-state index contributed by atoms with van der Waals surface area (Å²) in [6.45, 7) is 7.37. The van der Waals surface area contributed by atoms with Crippen LogP contribution in [0.15, 0.2) is 17.1 Å². The lowest BCUT2D eigenvalue weighted by atomic mass is 10.0. The molecule has 0 radical (unpaired) electrons. The zero-order valence-electron chi connectivity index (χ0n) is 9.09. The number of nitrogens with zero attached hydrogens (tertiary/aromatic N) is 1. The predicted octanol–water partition coefficient (Wildman–Crippen LogP) is 3.23. The number of aliphatic imine (C=N–C) groups is 1. The van der Waals surface area contributed by atoms with E-state index in [-0.39, 0.29) is 5.78 Å². The van der Waals surface area contributed by atoms with E-state index in [1.165, 1.54) is 0 Å². The standard InChI is InChI=1S/C12H15NO/c1-5-13-12-7-8(2)11(10(4)14)6-9(12)3/h5-7H,1-4H3. The SMILES string of the molecule is CC=Nc1cc(C)c(C(C)=O)cc1C. The summed E-state index contributed by atoms with van der Waals surface area (Å²) in [5.41, 5.74) is 3.76. The number of hydrogen-bond acceptors (Lipinski definition) is 2. The summed E-state index contributed by atoms with van der Waals surface area (Å²) in [6.07, 6.45) is 1.76. The lowest BCUT2D eigenvalue weighted by molar-refractivity contribution is 0.101. The van der Waals surface area contributed by atoms with E-state index in [1.54, 1.807) is 13.1 Å². The van der Waals surface area contributed by atoms with Crippen LogP contribution in [-0.2, 0) is 0 Å². The lowest BCUT2D eigenvalue weighted by Gasteiger charge is -2.06. The van der Waals surface area contributed by atoms with Gasteiger partial charge in [0.1, 0.15) is 0 Å². The number of carbonyl (C=O) groups is 1. The molecule has 0 fully saturated rings. The fraction of sp³-hybridized carbons (Fsp3) is 0.333. The Bertz CT molecular complexity index is 392. The largest absolute Gasteiger partial charge is 0.295 e. The van der Waals surface area contributed by atoms with Crippen LogP contribution in [0, 0.1) is 13.8 Å². The smallest absolute Gasteiger partial charge is 0.160 e. The van der Waals surface area contributed by atoms with Crippen molar-refractivity contribution in [2.24, 2.45) is 4.99 Å². The molecule has 2 nitrogen and oxygen atoms in total. The molecule has 0 bridgehead atoms. The van der Waals surface area contributed by atoms with E-state index in [0.717, 1.165) is 22.4 Å². The molecule has 0 amide bonds. The van der Waals surface area contributed by atoms with Crippen LogP contribution >= 0.6 is 0 Å². The number of benzene rings is 1. The molecule has 14 heavy (non-hydrogen) atoms. The summed E-state index contributed by atoms with van der Waals surface area (Å²) < 4.78 is 0. The van der Waals surface area contributed by atoms with Crippen LogP contribution in [0.4, 0.5) is 5.69 Å². The van der Waals surface area contributed by atoms with E-state index >= 15 is 0 Å². The molecule has 2 heteroatoms. The van der Waals surface area contributed by atoms with Gasteiger partial charge in [0.25, 0.3) is 0 Å². The molecule has 0 spiro atoms. The fourth-order valence-corrected chi connectivity index (χ4v) is 1.46. The van der Waals surface area contributed by atoms with E-state index < -0.39 is 0 Å². The highest BCUT2D eigenvalue weighted by molar-refractivity contribution is 5.96. The summed E-state index contributed by atoms with van der Waals surface area (Å²) in [5, 5.41) is 0. The van der Waals surface area contributed by atoms with E-state index in [1.807, 2.05) is 32.9 Å². The van der Waals surface area contributed by atoms with Crippen molar-refractivity contribution in [1.82, 2.24) is 0 Å². The van der Waals surface area contributed by atoms with Crippen molar-refractivity contribution in [3.63, 3.8) is 0 Å². The minimum Gasteiger partial charge on any atom is -0.295 e. The van der Waals surface area contributed by atoms with E-state index in [4.69, 9.17) is 0 Å². The van der Waals surface area contributed by atoms with Gasteiger partial charge in [-0.2, -0.15) is 0 Å². The number of aryl methyl sites for hydroxylation is 2. The first-order valence-corrected chi connectivity index (χ1v) is 4.67. The monoisotopic (exact) mass is 189 g/mol. The molecule has 0 saturated carbocycles. The molecule has 74 valence electrons. The van der Waals surface area contributed by atoms with E-state index in [9.17, 15) is 4.79 Å². The molecule has 0 saturated heterocycles. The molecule has 0 atom stereocenters. The van der Waals surface area contributed by atoms with Crippen molar-refractivity contribution in [3.05, 3.63) is 28.8 Å². The van der Waals surface area contributed by atoms with Crippen molar-refractivity contribution in [2.75, 3.05) is 0 Å². The Labute approximate surface area is 84.7 Å². The van der Waals surface area contributed by atoms with Crippen molar-refractivity contribution in [2.45, 2.75) is 27.7 Å². The maximum absolute atomic E-state index is 11.2. The first kappa shape index (κ1) is 10.6. The van der Waals surface area contributed by atoms with Gasteiger partial charge in [-0.3, -0.25) is 9.79 Å². The van der Waals surface area contributed by atoms with Gasteiger partial charge in [0.15, 0.2) is 5.78 Å². The Morgan fingerprint density at radius 1 is 1.29 bits per heavy atom. The van der Waals surface area contributed by atoms with Crippen LogP contribution in [0.1, 0.15) is 35.3 Å². The highest BCUT2D eigenvalue weighted by atomic mass is 16.1. The molecule has 0 aromatic heterocycles. The summed E-state index contributed by atoms with van der Waals surface area (Å²) in [6, 6.07) is 3.85. The third kappa shape index (κ3) is 2.08. The predicted molar refractivity (Wildman–Crippen MR) is 59.7 cm³/mol. The molecule has 0 aliphatic heterocycles. The summed E-state index contributed by atoms with van der Waals surface area (Å²) in [7, 11) is 0. The second-order valence-corrected chi connectivity index (χ2v) is 3.40. The average molecular weight is 189 g/mol.